The monoisotopic (exact) mass is 324 g/mol. The van der Waals surface area contributed by atoms with Crippen molar-refractivity contribution in [2.45, 2.75) is 29.9 Å². The summed E-state index contributed by atoms with van der Waals surface area (Å²) in [6.07, 6.45) is -5.01. The number of alkyl halides is 3. The van der Waals surface area contributed by atoms with Crippen molar-refractivity contribution in [3.05, 3.63) is 34.9 Å². The van der Waals surface area contributed by atoms with Gasteiger partial charge in [0.1, 0.15) is 11.5 Å². The Bertz CT molecular complexity index is 498. The van der Waals surface area contributed by atoms with Crippen molar-refractivity contribution >= 4 is 29.3 Å². The van der Waals surface area contributed by atoms with Gasteiger partial charge in [0.05, 0.1) is 6.42 Å². The fourth-order valence-corrected chi connectivity index (χ4v) is 3.01. The van der Waals surface area contributed by atoms with Gasteiger partial charge in [0.2, 0.25) is 5.91 Å². The molecule has 1 aromatic carbocycles. The fourth-order valence-electron chi connectivity index (χ4n) is 1.78. The summed E-state index contributed by atoms with van der Waals surface area (Å²) < 4.78 is 37.9. The Labute approximate surface area is 123 Å². The zero-order valence-corrected chi connectivity index (χ0v) is 11.8. The average Bonchev–Trinajstić information content (AvgIpc) is 2.35. The van der Waals surface area contributed by atoms with E-state index in [1.165, 1.54) is 11.8 Å². The first-order valence-corrected chi connectivity index (χ1v) is 7.25. The van der Waals surface area contributed by atoms with Crippen LogP contribution in [0.25, 0.3) is 0 Å². The molecule has 8 heteroatoms. The van der Waals surface area contributed by atoms with Gasteiger partial charge in [-0.1, -0.05) is 23.7 Å². The third kappa shape index (κ3) is 4.29. The molecule has 1 heterocycles. The summed E-state index contributed by atoms with van der Waals surface area (Å²) in [6, 6.07) is 5.25. The predicted octanol–water partition coefficient (Wildman–Crippen LogP) is 2.90. The molecule has 0 bridgehead atoms. The second-order valence-electron chi connectivity index (χ2n) is 4.35. The van der Waals surface area contributed by atoms with E-state index in [9.17, 15) is 18.0 Å². The molecule has 3 nitrogen and oxygen atoms in total. The topological polar surface area (TPSA) is 41.1 Å². The molecule has 0 saturated carbocycles. The summed E-state index contributed by atoms with van der Waals surface area (Å²) in [6.45, 7) is 0. The molecule has 0 aliphatic carbocycles. The maximum absolute atomic E-state index is 12.6. The van der Waals surface area contributed by atoms with E-state index in [1.807, 2.05) is 6.07 Å². The van der Waals surface area contributed by atoms with Gasteiger partial charge in [-0.15, -0.1) is 11.8 Å². The quantitative estimate of drug-likeness (QED) is 0.898. The fraction of sp³-hybridized carbons (Fsp3) is 0.417. The van der Waals surface area contributed by atoms with Crippen LogP contribution in [0.2, 0.25) is 5.02 Å². The molecule has 2 N–H and O–H groups in total. The zero-order valence-electron chi connectivity index (χ0n) is 10.2. The first-order chi connectivity index (χ1) is 9.34. The number of carbonyl (C=O) groups excluding carboxylic acids is 1. The molecular formula is C12H12ClF3N2OS. The van der Waals surface area contributed by atoms with Crippen LogP contribution >= 0.6 is 23.4 Å². The second kappa shape index (κ2) is 6.24. The molecule has 1 saturated heterocycles. The van der Waals surface area contributed by atoms with Crippen LogP contribution in [0.1, 0.15) is 12.0 Å². The molecule has 1 amide bonds. The molecule has 0 spiro atoms. The molecule has 0 aromatic heterocycles. The smallest absolute Gasteiger partial charge is 0.332 e. The van der Waals surface area contributed by atoms with Gasteiger partial charge in [-0.3, -0.25) is 10.1 Å². The van der Waals surface area contributed by atoms with E-state index in [1.54, 1.807) is 18.2 Å². The first-order valence-electron chi connectivity index (χ1n) is 5.83. The molecule has 2 atom stereocenters. The molecule has 1 aliphatic heterocycles. The van der Waals surface area contributed by atoms with Gasteiger partial charge in [0.15, 0.2) is 0 Å². The summed E-state index contributed by atoms with van der Waals surface area (Å²) in [7, 11) is 0. The van der Waals surface area contributed by atoms with E-state index in [-0.39, 0.29) is 0 Å². The predicted molar refractivity (Wildman–Crippen MR) is 72.3 cm³/mol. The minimum Gasteiger partial charge on any atom is -0.332 e. The number of halogens is 4. The summed E-state index contributed by atoms with van der Waals surface area (Å²) in [5.41, 5.74) is 0.120. The van der Waals surface area contributed by atoms with Crippen LogP contribution in [0.3, 0.4) is 0 Å². The van der Waals surface area contributed by atoms with Gasteiger partial charge in [-0.25, -0.2) is 0 Å². The number of carbonyl (C=O) groups is 1. The number of nitrogens with one attached hydrogen (secondary N) is 2. The molecular weight excluding hydrogens is 313 g/mol. The van der Waals surface area contributed by atoms with Gasteiger partial charge in [-0.05, 0) is 17.7 Å². The molecule has 110 valence electrons. The van der Waals surface area contributed by atoms with Crippen LogP contribution in [0, 0.1) is 0 Å². The van der Waals surface area contributed by atoms with Gasteiger partial charge in [0.25, 0.3) is 0 Å². The zero-order chi connectivity index (χ0) is 14.8. The van der Waals surface area contributed by atoms with Crippen LogP contribution in [0.15, 0.2) is 24.3 Å². The lowest BCUT2D eigenvalue weighted by Gasteiger charge is -2.32. The SMILES string of the molecule is O=C1CC(C(F)(F)F)NC(SCc2cccc(Cl)c2)N1. The number of benzene rings is 1. The summed E-state index contributed by atoms with van der Waals surface area (Å²) >= 11 is 7.01. The minimum absolute atomic E-state index is 0.448. The molecule has 2 rings (SSSR count). The van der Waals surface area contributed by atoms with Gasteiger partial charge in [0, 0.05) is 10.8 Å². The molecule has 1 fully saturated rings. The maximum Gasteiger partial charge on any atom is 0.404 e. The van der Waals surface area contributed by atoms with Crippen LogP contribution in [0.4, 0.5) is 13.2 Å². The summed E-state index contributed by atoms with van der Waals surface area (Å²) in [4.78, 5) is 11.3. The summed E-state index contributed by atoms with van der Waals surface area (Å²) in [5, 5.41) is 5.43. The van der Waals surface area contributed by atoms with Crippen LogP contribution in [0.5, 0.6) is 0 Å². The Morgan fingerprint density at radius 1 is 1.40 bits per heavy atom. The summed E-state index contributed by atoms with van der Waals surface area (Å²) in [5.74, 6) is -0.155. The Kier molecular flexibility index (Phi) is 4.82. The molecule has 1 aromatic rings. The lowest BCUT2D eigenvalue weighted by molar-refractivity contribution is -0.167. The van der Waals surface area contributed by atoms with Crippen molar-refractivity contribution in [1.29, 1.82) is 0 Å². The third-order valence-electron chi connectivity index (χ3n) is 2.73. The van der Waals surface area contributed by atoms with E-state index >= 15 is 0 Å². The Morgan fingerprint density at radius 3 is 2.80 bits per heavy atom. The van der Waals surface area contributed by atoms with E-state index in [0.29, 0.717) is 10.8 Å². The normalized spacial score (nSPS) is 23.5. The third-order valence-corrected chi connectivity index (χ3v) is 4.06. The Morgan fingerprint density at radius 2 is 2.15 bits per heavy atom. The van der Waals surface area contributed by atoms with Crippen molar-refractivity contribution in [3.8, 4) is 0 Å². The number of rotatable bonds is 3. The maximum atomic E-state index is 12.6. The number of hydrogen-bond donors (Lipinski definition) is 2. The van der Waals surface area contributed by atoms with Crippen LogP contribution in [-0.4, -0.2) is 23.6 Å². The van der Waals surface area contributed by atoms with E-state index < -0.39 is 30.0 Å². The van der Waals surface area contributed by atoms with Crippen molar-refractivity contribution in [2.75, 3.05) is 0 Å². The molecule has 1 aliphatic rings. The highest BCUT2D eigenvalue weighted by Crippen LogP contribution is 2.27. The molecule has 2 unspecified atom stereocenters. The lowest BCUT2D eigenvalue weighted by Crippen LogP contribution is -2.59. The van der Waals surface area contributed by atoms with E-state index in [4.69, 9.17) is 11.6 Å². The molecule has 0 radical (unpaired) electrons. The van der Waals surface area contributed by atoms with Gasteiger partial charge < -0.3 is 5.32 Å². The van der Waals surface area contributed by atoms with Gasteiger partial charge >= 0.3 is 6.18 Å². The molecule has 20 heavy (non-hydrogen) atoms. The number of amides is 1. The standard InChI is InChI=1S/C12H12ClF3N2OS/c13-8-3-1-2-7(4-8)6-20-11-17-9(12(14,15)16)5-10(19)18-11/h1-4,9,11,17H,5-6H2,(H,18,19). The second-order valence-corrected chi connectivity index (χ2v) is 5.88. The van der Waals surface area contributed by atoms with Crippen molar-refractivity contribution < 1.29 is 18.0 Å². The number of hydrogen-bond acceptors (Lipinski definition) is 3. The van der Waals surface area contributed by atoms with Crippen molar-refractivity contribution in [3.63, 3.8) is 0 Å². The Balaban J connectivity index is 1.94. The highest BCUT2D eigenvalue weighted by molar-refractivity contribution is 7.99. The first kappa shape index (κ1) is 15.5. The van der Waals surface area contributed by atoms with Gasteiger partial charge in [-0.2, -0.15) is 13.2 Å². The van der Waals surface area contributed by atoms with Crippen molar-refractivity contribution in [2.24, 2.45) is 0 Å². The Hall–Kier alpha value is -0.920. The van der Waals surface area contributed by atoms with Crippen molar-refractivity contribution in [1.82, 2.24) is 10.6 Å². The lowest BCUT2D eigenvalue weighted by atomic mass is 10.1. The average molecular weight is 325 g/mol. The van der Waals surface area contributed by atoms with E-state index in [2.05, 4.69) is 10.6 Å². The minimum atomic E-state index is -4.42. The van der Waals surface area contributed by atoms with E-state index in [0.717, 1.165) is 5.56 Å². The highest BCUT2D eigenvalue weighted by atomic mass is 35.5. The largest absolute Gasteiger partial charge is 0.404 e. The highest BCUT2D eigenvalue weighted by Gasteiger charge is 2.44. The van der Waals surface area contributed by atoms with Crippen LogP contribution < -0.4 is 10.6 Å². The van der Waals surface area contributed by atoms with Crippen LogP contribution in [-0.2, 0) is 10.5 Å². The number of thioether (sulfide) groups is 1.